The molecule has 0 aromatic carbocycles. The molecule has 0 rings (SSSR count). The highest BCUT2D eigenvalue weighted by Gasteiger charge is 2.09. The fourth-order valence-corrected chi connectivity index (χ4v) is 3.06. The number of allylic oxidation sites excluding steroid dienone is 3. The van der Waals surface area contributed by atoms with Crippen LogP contribution in [0.2, 0.25) is 0 Å². The Balaban J connectivity index is 3.40. The van der Waals surface area contributed by atoms with Crippen molar-refractivity contribution in [3.63, 3.8) is 0 Å². The first-order chi connectivity index (χ1) is 11.1. The van der Waals surface area contributed by atoms with Crippen LogP contribution in [0.1, 0.15) is 111 Å². The lowest BCUT2D eigenvalue weighted by molar-refractivity contribution is 0.355. The van der Waals surface area contributed by atoms with Gasteiger partial charge in [0.05, 0.1) is 0 Å². The van der Waals surface area contributed by atoms with Gasteiger partial charge in [-0.25, -0.2) is 0 Å². The molecule has 2 atom stereocenters. The lowest BCUT2D eigenvalue weighted by Crippen LogP contribution is -2.06. The predicted molar refractivity (Wildman–Crippen MR) is 108 cm³/mol. The zero-order valence-corrected chi connectivity index (χ0v) is 16.7. The van der Waals surface area contributed by atoms with Crippen LogP contribution in [-0.4, -0.2) is 0 Å². The average molecular weight is 321 g/mol. The largest absolute Gasteiger partial charge is 0.100 e. The van der Waals surface area contributed by atoms with E-state index in [1.165, 1.54) is 89.0 Å². The molecule has 0 aliphatic heterocycles. The molecule has 0 amide bonds. The monoisotopic (exact) mass is 320 g/mol. The summed E-state index contributed by atoms with van der Waals surface area (Å²) in [5.41, 5.74) is 1.34. The second kappa shape index (κ2) is 16.3. The minimum atomic E-state index is 0.844. The molecule has 0 radical (unpaired) electrons. The first-order valence-electron chi connectivity index (χ1n) is 10.4. The van der Waals surface area contributed by atoms with Crippen LogP contribution in [0.25, 0.3) is 0 Å². The first kappa shape index (κ1) is 22.5. The molecule has 0 aliphatic carbocycles. The molecule has 0 bridgehead atoms. The Kier molecular flexibility index (Phi) is 16.0. The smallest absolute Gasteiger partial charge is 0.0322 e. The molecule has 136 valence electrons. The van der Waals surface area contributed by atoms with Gasteiger partial charge in [-0.15, -0.1) is 6.58 Å². The zero-order chi connectivity index (χ0) is 17.3. The molecule has 0 fully saturated rings. The molecule has 0 aromatic heterocycles. The second-order valence-electron chi connectivity index (χ2n) is 7.77. The minimum Gasteiger partial charge on any atom is -0.100 e. The van der Waals surface area contributed by atoms with E-state index >= 15 is 0 Å². The van der Waals surface area contributed by atoms with E-state index in [1.807, 2.05) is 0 Å². The molecular weight excluding hydrogens is 276 g/mol. The van der Waals surface area contributed by atoms with Gasteiger partial charge in [0.25, 0.3) is 0 Å². The van der Waals surface area contributed by atoms with Crippen molar-refractivity contribution >= 4 is 0 Å². The molecule has 0 aromatic rings. The van der Waals surface area contributed by atoms with Crippen molar-refractivity contribution < 1.29 is 0 Å². The molecule has 0 aliphatic rings. The third kappa shape index (κ3) is 16.1. The van der Waals surface area contributed by atoms with Crippen molar-refractivity contribution in [1.29, 1.82) is 0 Å². The normalized spacial score (nSPS) is 14.3. The molecule has 0 saturated heterocycles. The third-order valence-corrected chi connectivity index (χ3v) is 5.13. The summed E-state index contributed by atoms with van der Waals surface area (Å²) in [4.78, 5) is 0. The van der Waals surface area contributed by atoms with Crippen molar-refractivity contribution in [2.75, 3.05) is 0 Å². The van der Waals surface area contributed by atoms with Gasteiger partial charge in [-0.3, -0.25) is 0 Å². The summed E-state index contributed by atoms with van der Waals surface area (Å²) in [7, 11) is 0. The van der Waals surface area contributed by atoms with E-state index in [0.717, 1.165) is 11.8 Å². The molecule has 0 saturated carbocycles. The number of unbranched alkanes of at least 4 members (excludes halogenated alkanes) is 8. The quantitative estimate of drug-likeness (QED) is 0.197. The van der Waals surface area contributed by atoms with Crippen molar-refractivity contribution in [3.05, 3.63) is 24.3 Å². The Labute approximate surface area is 147 Å². The van der Waals surface area contributed by atoms with Gasteiger partial charge in [0, 0.05) is 0 Å². The summed E-state index contributed by atoms with van der Waals surface area (Å²) < 4.78 is 0. The van der Waals surface area contributed by atoms with E-state index in [9.17, 15) is 0 Å². The van der Waals surface area contributed by atoms with E-state index in [-0.39, 0.29) is 0 Å². The van der Waals surface area contributed by atoms with Gasteiger partial charge in [-0.05, 0) is 50.9 Å². The standard InChI is InChI=1S/C23H44/c1-6-7-15-19-22(4)23(5)20-17-14-12-10-8-9-11-13-16-18-21(2)3/h14,17,22-23H,2,6-13,15-16,18-20H2,1,3-5H3. The fourth-order valence-electron chi connectivity index (χ4n) is 3.06. The highest BCUT2D eigenvalue weighted by molar-refractivity contribution is 4.87. The lowest BCUT2D eigenvalue weighted by Gasteiger charge is -2.18. The van der Waals surface area contributed by atoms with E-state index in [4.69, 9.17) is 0 Å². The van der Waals surface area contributed by atoms with Gasteiger partial charge in [0.1, 0.15) is 0 Å². The van der Waals surface area contributed by atoms with Gasteiger partial charge in [0.2, 0.25) is 0 Å². The molecule has 2 unspecified atom stereocenters. The van der Waals surface area contributed by atoms with E-state index in [2.05, 4.69) is 46.4 Å². The van der Waals surface area contributed by atoms with E-state index < -0.39 is 0 Å². The highest BCUT2D eigenvalue weighted by Crippen LogP contribution is 2.21. The maximum atomic E-state index is 3.96. The molecule has 0 spiro atoms. The molecule has 0 nitrogen and oxygen atoms in total. The summed E-state index contributed by atoms with van der Waals surface area (Å²) >= 11 is 0. The topological polar surface area (TPSA) is 0 Å². The average Bonchev–Trinajstić information content (AvgIpc) is 2.52. The molecule has 23 heavy (non-hydrogen) atoms. The summed E-state index contributed by atoms with van der Waals surface area (Å²) in [5, 5.41) is 0. The van der Waals surface area contributed by atoms with Crippen molar-refractivity contribution in [2.24, 2.45) is 11.8 Å². The Hall–Kier alpha value is -0.520. The summed E-state index contributed by atoms with van der Waals surface area (Å²) in [6, 6.07) is 0. The van der Waals surface area contributed by atoms with Gasteiger partial charge in [-0.2, -0.15) is 0 Å². The van der Waals surface area contributed by atoms with Crippen molar-refractivity contribution in [2.45, 2.75) is 111 Å². The summed E-state index contributed by atoms with van der Waals surface area (Å²) in [5.74, 6) is 1.72. The Bertz CT molecular complexity index is 286. The molecular formula is C23H44. The first-order valence-corrected chi connectivity index (χ1v) is 10.4. The van der Waals surface area contributed by atoms with Crippen LogP contribution in [0, 0.1) is 11.8 Å². The van der Waals surface area contributed by atoms with Crippen LogP contribution in [-0.2, 0) is 0 Å². The lowest BCUT2D eigenvalue weighted by atomic mass is 9.88. The van der Waals surface area contributed by atoms with Gasteiger partial charge in [0.15, 0.2) is 0 Å². The summed E-state index contributed by atoms with van der Waals surface area (Å²) in [6.45, 7) is 13.2. The predicted octanol–water partition coefficient (Wildman–Crippen LogP) is 8.48. The molecule has 0 N–H and O–H groups in total. The maximum absolute atomic E-state index is 3.96. The van der Waals surface area contributed by atoms with Crippen LogP contribution in [0.4, 0.5) is 0 Å². The third-order valence-electron chi connectivity index (χ3n) is 5.13. The van der Waals surface area contributed by atoms with Crippen LogP contribution < -0.4 is 0 Å². The Morgan fingerprint density at radius 2 is 1.48 bits per heavy atom. The highest BCUT2D eigenvalue weighted by atomic mass is 14.1. The van der Waals surface area contributed by atoms with Gasteiger partial charge < -0.3 is 0 Å². The Morgan fingerprint density at radius 3 is 2.13 bits per heavy atom. The molecule has 0 heteroatoms. The number of rotatable bonds is 16. The molecule has 0 heterocycles. The van der Waals surface area contributed by atoms with Crippen molar-refractivity contribution in [3.8, 4) is 0 Å². The van der Waals surface area contributed by atoms with Crippen LogP contribution in [0.15, 0.2) is 24.3 Å². The number of hydrogen-bond donors (Lipinski definition) is 0. The Morgan fingerprint density at radius 1 is 0.826 bits per heavy atom. The van der Waals surface area contributed by atoms with Crippen LogP contribution in [0.3, 0.4) is 0 Å². The maximum Gasteiger partial charge on any atom is -0.0322 e. The van der Waals surface area contributed by atoms with Crippen LogP contribution in [0.5, 0.6) is 0 Å². The van der Waals surface area contributed by atoms with Crippen LogP contribution >= 0.6 is 0 Å². The zero-order valence-electron chi connectivity index (χ0n) is 16.7. The number of hydrogen-bond acceptors (Lipinski definition) is 0. The SMILES string of the molecule is C=C(C)CCCCCCCCC=CCC(C)C(C)CCCCC. The minimum absolute atomic E-state index is 0.844. The van der Waals surface area contributed by atoms with E-state index in [0.29, 0.717) is 0 Å². The fraction of sp³-hybridized carbons (Fsp3) is 0.826. The second-order valence-corrected chi connectivity index (χ2v) is 7.77. The van der Waals surface area contributed by atoms with Gasteiger partial charge >= 0.3 is 0 Å². The van der Waals surface area contributed by atoms with Gasteiger partial charge in [-0.1, -0.05) is 89.9 Å². The summed E-state index contributed by atoms with van der Waals surface area (Å²) in [6.07, 6.45) is 22.5. The van der Waals surface area contributed by atoms with Crippen molar-refractivity contribution in [1.82, 2.24) is 0 Å². The van der Waals surface area contributed by atoms with E-state index in [1.54, 1.807) is 0 Å².